The Labute approximate surface area is 120 Å². The van der Waals surface area contributed by atoms with Gasteiger partial charge in [0.15, 0.2) is 0 Å². The maximum Gasteiger partial charge on any atom is 0.324 e. The highest BCUT2D eigenvalue weighted by Gasteiger charge is 2.14. The van der Waals surface area contributed by atoms with Crippen molar-refractivity contribution in [3.63, 3.8) is 0 Å². The van der Waals surface area contributed by atoms with Gasteiger partial charge in [-0.15, -0.1) is 0 Å². The van der Waals surface area contributed by atoms with Crippen molar-refractivity contribution >= 4 is 28.2 Å². The van der Waals surface area contributed by atoms with Crippen molar-refractivity contribution in [2.24, 2.45) is 0 Å². The first-order chi connectivity index (χ1) is 9.54. The maximum atomic E-state index is 11.7. The van der Waals surface area contributed by atoms with Gasteiger partial charge in [0.25, 0.3) is 5.91 Å². The number of hydrogen-bond acceptors (Lipinski definition) is 6. The molecule has 0 saturated carbocycles. The number of nitrogens with zero attached hydrogens (tertiary/aromatic N) is 1. The molecule has 0 saturated heterocycles. The number of ether oxygens (including phenoxy) is 1. The van der Waals surface area contributed by atoms with Gasteiger partial charge in [-0.3, -0.25) is 19.7 Å². The van der Waals surface area contributed by atoms with Crippen LogP contribution in [0.2, 0.25) is 0 Å². The first kappa shape index (κ1) is 16.1. The molecule has 0 fully saturated rings. The molecular weight excluding hydrogens is 284 g/mol. The number of rotatable bonds is 8. The van der Waals surface area contributed by atoms with Crippen LogP contribution in [-0.4, -0.2) is 30.5 Å². The van der Waals surface area contributed by atoms with Gasteiger partial charge in [0.05, 0.1) is 17.6 Å². The molecule has 20 heavy (non-hydrogen) atoms. The van der Waals surface area contributed by atoms with Crippen molar-refractivity contribution in [3.8, 4) is 0 Å². The number of methoxy groups -OCH3 is 1. The van der Waals surface area contributed by atoms with Crippen LogP contribution in [0.4, 0.5) is 5.00 Å². The summed E-state index contributed by atoms with van der Waals surface area (Å²) >= 11 is 0.928. The minimum atomic E-state index is -0.520. The van der Waals surface area contributed by atoms with Crippen LogP contribution in [0.5, 0.6) is 0 Å². The molecule has 0 aliphatic heterocycles. The zero-order valence-electron chi connectivity index (χ0n) is 11.1. The lowest BCUT2D eigenvalue weighted by molar-refractivity contribution is -0.380. The molecule has 0 bridgehead atoms. The number of carbonyl (C=O) groups excluding carboxylic acids is 2. The second-order valence-electron chi connectivity index (χ2n) is 4.07. The highest BCUT2D eigenvalue weighted by molar-refractivity contribution is 7.13. The number of nitrogens with one attached hydrogen (secondary N) is 1. The van der Waals surface area contributed by atoms with Crippen LogP contribution in [0.3, 0.4) is 0 Å². The maximum absolute atomic E-state index is 11.7. The van der Waals surface area contributed by atoms with Crippen LogP contribution in [0, 0.1) is 10.1 Å². The number of thiophene rings is 1. The Kier molecular flexibility index (Phi) is 6.65. The standard InChI is InChI=1S/C12H16N2O5S/c1-19-11(15)5-3-2-4-6-13-12(16)9-7-10(14(17)18)20-8-9/h7-8H,2-6H2,1H3,(H,13,16). The molecule has 0 unspecified atom stereocenters. The van der Waals surface area contributed by atoms with Gasteiger partial charge in [-0.05, 0) is 12.8 Å². The molecule has 8 heteroatoms. The molecule has 0 aliphatic rings. The molecule has 1 rings (SSSR count). The van der Waals surface area contributed by atoms with E-state index < -0.39 is 4.92 Å². The number of esters is 1. The Morgan fingerprint density at radius 1 is 1.40 bits per heavy atom. The second kappa shape index (κ2) is 8.26. The van der Waals surface area contributed by atoms with E-state index in [1.165, 1.54) is 18.6 Å². The van der Waals surface area contributed by atoms with Crippen molar-refractivity contribution in [3.05, 3.63) is 27.1 Å². The average Bonchev–Trinajstić information content (AvgIpc) is 2.92. The Balaban J connectivity index is 2.19. The fourth-order valence-electron chi connectivity index (χ4n) is 1.52. The van der Waals surface area contributed by atoms with Gasteiger partial charge in [0.1, 0.15) is 0 Å². The molecule has 1 aromatic rings. The minimum Gasteiger partial charge on any atom is -0.469 e. The first-order valence-electron chi connectivity index (χ1n) is 6.12. The van der Waals surface area contributed by atoms with E-state index in [2.05, 4.69) is 10.1 Å². The molecule has 1 amide bonds. The molecule has 1 N–H and O–H groups in total. The van der Waals surface area contributed by atoms with Gasteiger partial charge < -0.3 is 10.1 Å². The summed E-state index contributed by atoms with van der Waals surface area (Å²) in [6.45, 7) is 0.476. The normalized spacial score (nSPS) is 10.1. The molecule has 0 radical (unpaired) electrons. The number of unbranched alkanes of at least 4 members (excludes halogenated alkanes) is 2. The monoisotopic (exact) mass is 300 g/mol. The van der Waals surface area contributed by atoms with Gasteiger partial charge >= 0.3 is 11.0 Å². The molecular formula is C12H16N2O5S. The van der Waals surface area contributed by atoms with Crippen LogP contribution < -0.4 is 5.32 Å². The van der Waals surface area contributed by atoms with Crippen molar-refractivity contribution in [2.75, 3.05) is 13.7 Å². The minimum absolute atomic E-state index is 0.0479. The number of amides is 1. The third-order valence-corrected chi connectivity index (χ3v) is 3.48. The number of carbonyl (C=O) groups is 2. The van der Waals surface area contributed by atoms with E-state index >= 15 is 0 Å². The van der Waals surface area contributed by atoms with Crippen molar-refractivity contribution in [2.45, 2.75) is 25.7 Å². The van der Waals surface area contributed by atoms with Crippen LogP contribution in [0.25, 0.3) is 0 Å². The Morgan fingerprint density at radius 3 is 2.75 bits per heavy atom. The fraction of sp³-hybridized carbons (Fsp3) is 0.500. The molecule has 1 aromatic heterocycles. The Morgan fingerprint density at radius 2 is 2.15 bits per heavy atom. The molecule has 0 spiro atoms. The van der Waals surface area contributed by atoms with E-state index in [1.54, 1.807) is 0 Å². The van der Waals surface area contributed by atoms with Gasteiger partial charge in [0, 0.05) is 24.4 Å². The highest BCUT2D eigenvalue weighted by atomic mass is 32.1. The van der Waals surface area contributed by atoms with Crippen molar-refractivity contribution < 1.29 is 19.2 Å². The van der Waals surface area contributed by atoms with Crippen LogP contribution >= 0.6 is 11.3 Å². The largest absolute Gasteiger partial charge is 0.469 e. The smallest absolute Gasteiger partial charge is 0.324 e. The summed E-state index contributed by atoms with van der Waals surface area (Å²) in [6, 6.07) is 1.26. The highest BCUT2D eigenvalue weighted by Crippen LogP contribution is 2.22. The Hall–Kier alpha value is -1.96. The van der Waals surface area contributed by atoms with Gasteiger partial charge in [-0.25, -0.2) is 0 Å². The predicted octanol–water partition coefficient (Wildman–Crippen LogP) is 2.12. The number of hydrogen-bond donors (Lipinski definition) is 1. The lowest BCUT2D eigenvalue weighted by Crippen LogP contribution is -2.23. The summed E-state index contributed by atoms with van der Waals surface area (Å²) in [6.07, 6.45) is 2.64. The summed E-state index contributed by atoms with van der Waals surface area (Å²) in [5.41, 5.74) is 0.302. The van der Waals surface area contributed by atoms with E-state index in [-0.39, 0.29) is 16.9 Å². The summed E-state index contributed by atoms with van der Waals surface area (Å²) < 4.78 is 4.51. The van der Waals surface area contributed by atoms with Gasteiger partial charge in [-0.1, -0.05) is 17.8 Å². The molecule has 0 aromatic carbocycles. The molecule has 0 atom stereocenters. The topological polar surface area (TPSA) is 98.5 Å². The summed E-state index contributed by atoms with van der Waals surface area (Å²) in [5, 5.41) is 14.6. The average molecular weight is 300 g/mol. The van der Waals surface area contributed by atoms with Crippen molar-refractivity contribution in [1.29, 1.82) is 0 Å². The third kappa shape index (κ3) is 5.35. The second-order valence-corrected chi connectivity index (χ2v) is 4.96. The van der Waals surface area contributed by atoms with Crippen molar-refractivity contribution in [1.82, 2.24) is 5.32 Å². The fourth-order valence-corrected chi connectivity index (χ4v) is 2.22. The Bertz CT molecular complexity index is 486. The molecule has 1 heterocycles. The predicted molar refractivity (Wildman–Crippen MR) is 73.8 cm³/mol. The van der Waals surface area contributed by atoms with Crippen LogP contribution in [0.15, 0.2) is 11.4 Å². The van der Waals surface area contributed by atoms with Gasteiger partial charge in [-0.2, -0.15) is 0 Å². The molecule has 7 nitrogen and oxygen atoms in total. The quantitative estimate of drug-likeness (QED) is 0.343. The van der Waals surface area contributed by atoms with E-state index in [0.29, 0.717) is 24.9 Å². The third-order valence-electron chi connectivity index (χ3n) is 2.60. The summed E-state index contributed by atoms with van der Waals surface area (Å²) in [4.78, 5) is 32.5. The van der Waals surface area contributed by atoms with Crippen LogP contribution in [0.1, 0.15) is 36.0 Å². The summed E-state index contributed by atoms with van der Waals surface area (Å²) in [5.74, 6) is -0.554. The first-order valence-corrected chi connectivity index (χ1v) is 7.00. The SMILES string of the molecule is COC(=O)CCCCCNC(=O)c1csc([N+](=O)[O-])c1. The zero-order valence-corrected chi connectivity index (χ0v) is 11.9. The summed E-state index contributed by atoms with van der Waals surface area (Å²) in [7, 11) is 1.35. The van der Waals surface area contributed by atoms with E-state index in [1.807, 2.05) is 0 Å². The van der Waals surface area contributed by atoms with Crippen LogP contribution in [-0.2, 0) is 9.53 Å². The van der Waals surface area contributed by atoms with Gasteiger partial charge in [0.2, 0.25) is 0 Å². The molecule has 110 valence electrons. The van der Waals surface area contributed by atoms with E-state index in [4.69, 9.17) is 0 Å². The number of nitro groups is 1. The lowest BCUT2D eigenvalue weighted by atomic mass is 10.2. The zero-order chi connectivity index (χ0) is 15.0. The van der Waals surface area contributed by atoms with E-state index in [0.717, 1.165) is 24.2 Å². The van der Waals surface area contributed by atoms with E-state index in [9.17, 15) is 19.7 Å². The lowest BCUT2D eigenvalue weighted by Gasteiger charge is -2.03. The molecule has 0 aliphatic carbocycles.